The molecule has 0 aliphatic rings. The van der Waals surface area contributed by atoms with Gasteiger partial charge in [-0.1, -0.05) is 20.8 Å². The van der Waals surface area contributed by atoms with Gasteiger partial charge < -0.3 is 26.2 Å². The molecule has 0 saturated carbocycles. The van der Waals surface area contributed by atoms with Gasteiger partial charge >= 0.3 is 6.09 Å². The summed E-state index contributed by atoms with van der Waals surface area (Å²) in [5, 5.41) is 27.3. The summed E-state index contributed by atoms with van der Waals surface area (Å²) in [7, 11) is 0. The van der Waals surface area contributed by atoms with Gasteiger partial charge in [0.1, 0.15) is 11.6 Å². The number of halogens is 2. The molecule has 1 aromatic rings. The van der Waals surface area contributed by atoms with Crippen LogP contribution in [-0.4, -0.2) is 53.5 Å². The summed E-state index contributed by atoms with van der Waals surface area (Å²) in [4.78, 5) is 23.2. The van der Waals surface area contributed by atoms with E-state index in [1.54, 1.807) is 0 Å². The van der Waals surface area contributed by atoms with Gasteiger partial charge in [0, 0.05) is 19.2 Å². The highest BCUT2D eigenvalue weighted by molar-refractivity contribution is 5.81. The monoisotopic (exact) mass is 401 g/mol. The highest BCUT2D eigenvalue weighted by Crippen LogP contribution is 2.12. The first-order valence-electron chi connectivity index (χ1n) is 9.25. The number of carbonyl (C=O) groups excluding carboxylic acids is 1. The molecule has 0 radical (unpaired) electrons. The van der Waals surface area contributed by atoms with Crippen LogP contribution >= 0.6 is 0 Å². The van der Waals surface area contributed by atoms with Crippen LogP contribution in [0.15, 0.2) is 18.2 Å². The van der Waals surface area contributed by atoms with Gasteiger partial charge in [0.25, 0.3) is 0 Å². The molecule has 2 amide bonds. The summed E-state index contributed by atoms with van der Waals surface area (Å²) in [6.07, 6.45) is -2.22. The van der Waals surface area contributed by atoms with E-state index in [1.807, 2.05) is 20.8 Å². The lowest BCUT2D eigenvalue weighted by molar-refractivity contribution is -0.123. The van der Waals surface area contributed by atoms with Crippen molar-refractivity contribution in [3.8, 4) is 0 Å². The Labute approximate surface area is 163 Å². The Hall–Kier alpha value is -2.26. The molecular weight excluding hydrogens is 372 g/mol. The van der Waals surface area contributed by atoms with Crippen molar-refractivity contribution in [3.63, 3.8) is 0 Å². The van der Waals surface area contributed by atoms with Crippen molar-refractivity contribution in [2.75, 3.05) is 13.1 Å². The fourth-order valence-corrected chi connectivity index (χ4v) is 2.68. The average Bonchev–Trinajstić information content (AvgIpc) is 2.58. The van der Waals surface area contributed by atoms with Gasteiger partial charge in [0.05, 0.1) is 18.2 Å². The third kappa shape index (κ3) is 8.62. The Kier molecular flexibility index (Phi) is 9.81. The van der Waals surface area contributed by atoms with Crippen LogP contribution in [0, 0.1) is 17.6 Å². The number of carbonyl (C=O) groups is 2. The number of aliphatic hydroxyl groups is 1. The van der Waals surface area contributed by atoms with Crippen molar-refractivity contribution in [1.82, 2.24) is 16.0 Å². The van der Waals surface area contributed by atoms with Crippen molar-refractivity contribution in [3.05, 3.63) is 35.4 Å². The number of hydrogen-bond donors (Lipinski definition) is 5. The van der Waals surface area contributed by atoms with E-state index in [1.165, 1.54) is 0 Å². The lowest BCUT2D eigenvalue weighted by atomic mass is 10.0. The lowest BCUT2D eigenvalue weighted by Crippen LogP contribution is -2.52. The second-order valence-corrected chi connectivity index (χ2v) is 7.11. The third-order valence-electron chi connectivity index (χ3n) is 4.13. The molecule has 28 heavy (non-hydrogen) atoms. The molecule has 5 N–H and O–H groups in total. The highest BCUT2D eigenvalue weighted by Gasteiger charge is 2.24. The molecule has 0 saturated heterocycles. The Morgan fingerprint density at radius 3 is 2.21 bits per heavy atom. The standard InChI is InChI=1S/C19H29F2N3O4/c1-4-15(18(26)23-9-11(2)3)22-10-17(25)16(24-19(27)28)7-12-5-13(20)8-14(21)6-12/h5-6,8,11,15-17,22,24-25H,4,7,9-10H2,1-3H3,(H,23,26)(H,27,28)/t15-,16+,17+/m1/s1. The third-order valence-corrected chi connectivity index (χ3v) is 4.13. The largest absolute Gasteiger partial charge is 0.465 e. The van der Waals surface area contributed by atoms with Gasteiger partial charge in [-0.05, 0) is 36.5 Å². The normalized spacial score (nSPS) is 14.4. The van der Waals surface area contributed by atoms with E-state index >= 15 is 0 Å². The van der Waals surface area contributed by atoms with Crippen molar-refractivity contribution < 1.29 is 28.6 Å². The van der Waals surface area contributed by atoms with Crippen molar-refractivity contribution >= 4 is 12.0 Å². The summed E-state index contributed by atoms with van der Waals surface area (Å²) in [5.41, 5.74) is 0.206. The molecule has 0 bridgehead atoms. The van der Waals surface area contributed by atoms with Gasteiger partial charge in [-0.2, -0.15) is 0 Å². The average molecular weight is 401 g/mol. The number of rotatable bonds is 11. The van der Waals surface area contributed by atoms with Crippen LogP contribution in [0.1, 0.15) is 32.8 Å². The molecule has 0 aliphatic heterocycles. The number of nitrogens with one attached hydrogen (secondary N) is 3. The van der Waals surface area contributed by atoms with Crippen LogP contribution in [0.25, 0.3) is 0 Å². The van der Waals surface area contributed by atoms with Crippen molar-refractivity contribution in [2.45, 2.75) is 51.8 Å². The smallest absolute Gasteiger partial charge is 0.404 e. The Morgan fingerprint density at radius 1 is 1.11 bits per heavy atom. The van der Waals surface area contributed by atoms with E-state index in [9.17, 15) is 23.5 Å². The van der Waals surface area contributed by atoms with E-state index in [0.717, 1.165) is 12.1 Å². The minimum Gasteiger partial charge on any atom is -0.465 e. The molecule has 9 heteroatoms. The summed E-state index contributed by atoms with van der Waals surface area (Å²) in [5.74, 6) is -1.49. The van der Waals surface area contributed by atoms with Crippen molar-refractivity contribution in [2.24, 2.45) is 5.92 Å². The number of amides is 2. The molecular formula is C19H29F2N3O4. The van der Waals surface area contributed by atoms with Crippen LogP contribution in [-0.2, 0) is 11.2 Å². The molecule has 0 aliphatic carbocycles. The Balaban J connectivity index is 2.73. The van der Waals surface area contributed by atoms with E-state index in [0.29, 0.717) is 24.9 Å². The second-order valence-electron chi connectivity index (χ2n) is 7.11. The van der Waals surface area contributed by atoms with Gasteiger partial charge in [-0.25, -0.2) is 13.6 Å². The van der Waals surface area contributed by atoms with E-state index in [-0.39, 0.29) is 24.4 Å². The minimum atomic E-state index is -1.37. The highest BCUT2D eigenvalue weighted by atomic mass is 19.1. The maximum Gasteiger partial charge on any atom is 0.404 e. The van der Waals surface area contributed by atoms with Crippen LogP contribution in [0.3, 0.4) is 0 Å². The molecule has 7 nitrogen and oxygen atoms in total. The fourth-order valence-electron chi connectivity index (χ4n) is 2.68. The van der Waals surface area contributed by atoms with E-state index < -0.39 is 35.9 Å². The molecule has 0 fully saturated rings. The summed E-state index contributed by atoms with van der Waals surface area (Å²) < 4.78 is 26.7. The quantitative estimate of drug-likeness (QED) is 0.387. The van der Waals surface area contributed by atoms with Gasteiger partial charge in [-0.15, -0.1) is 0 Å². The summed E-state index contributed by atoms with van der Waals surface area (Å²) >= 11 is 0. The molecule has 0 heterocycles. The second kappa shape index (κ2) is 11.6. The zero-order valence-corrected chi connectivity index (χ0v) is 16.3. The lowest BCUT2D eigenvalue weighted by Gasteiger charge is -2.25. The van der Waals surface area contributed by atoms with Crippen LogP contribution in [0.2, 0.25) is 0 Å². The molecule has 3 atom stereocenters. The maximum atomic E-state index is 13.4. The maximum absolute atomic E-state index is 13.4. The van der Waals surface area contributed by atoms with E-state index in [2.05, 4.69) is 16.0 Å². The molecule has 0 spiro atoms. The molecule has 1 aromatic carbocycles. The first-order chi connectivity index (χ1) is 13.1. The van der Waals surface area contributed by atoms with Crippen LogP contribution in [0.4, 0.5) is 13.6 Å². The number of carboxylic acid groups (broad SMARTS) is 1. The Morgan fingerprint density at radius 2 is 1.71 bits per heavy atom. The Bertz CT molecular complexity index is 638. The first-order valence-corrected chi connectivity index (χ1v) is 9.25. The van der Waals surface area contributed by atoms with Gasteiger partial charge in [0.15, 0.2) is 0 Å². The topological polar surface area (TPSA) is 111 Å². The van der Waals surface area contributed by atoms with Crippen LogP contribution in [0.5, 0.6) is 0 Å². The fraction of sp³-hybridized carbons (Fsp3) is 0.579. The predicted molar refractivity (Wildman–Crippen MR) is 101 cm³/mol. The van der Waals surface area contributed by atoms with Crippen molar-refractivity contribution in [1.29, 1.82) is 0 Å². The van der Waals surface area contributed by atoms with Crippen LogP contribution < -0.4 is 16.0 Å². The number of aliphatic hydroxyl groups excluding tert-OH is 1. The van der Waals surface area contributed by atoms with Gasteiger partial charge in [-0.3, -0.25) is 4.79 Å². The predicted octanol–water partition coefficient (Wildman–Crippen LogP) is 1.64. The minimum absolute atomic E-state index is 0.0731. The molecule has 1 rings (SSSR count). The van der Waals surface area contributed by atoms with E-state index in [4.69, 9.17) is 5.11 Å². The molecule has 158 valence electrons. The SMILES string of the molecule is CC[C@@H](NC[C@H](O)[C@H](Cc1cc(F)cc(F)c1)NC(=O)O)C(=O)NCC(C)C. The first kappa shape index (κ1) is 23.8. The summed E-state index contributed by atoms with van der Waals surface area (Å²) in [6.45, 7) is 6.19. The zero-order chi connectivity index (χ0) is 21.3. The number of hydrogen-bond acceptors (Lipinski definition) is 4. The zero-order valence-electron chi connectivity index (χ0n) is 16.3. The molecule has 0 unspecified atom stereocenters. The molecule has 0 aromatic heterocycles. The summed E-state index contributed by atoms with van der Waals surface area (Å²) in [6, 6.07) is 1.30. The van der Waals surface area contributed by atoms with Gasteiger partial charge in [0.2, 0.25) is 5.91 Å². The number of benzene rings is 1.